The Morgan fingerprint density at radius 2 is 2.04 bits per heavy atom. The minimum Gasteiger partial charge on any atom is -0.449 e. The zero-order chi connectivity index (χ0) is 19.3. The summed E-state index contributed by atoms with van der Waals surface area (Å²) in [5.74, 6) is -1.21. The first-order valence-electron chi connectivity index (χ1n) is 7.41. The molecule has 2 N–H and O–H groups in total. The number of hydrogen-bond acceptors (Lipinski definition) is 7. The molecule has 0 saturated heterocycles. The topological polar surface area (TPSA) is 123 Å². The number of amides is 1. The van der Waals surface area contributed by atoms with Crippen molar-refractivity contribution < 1.29 is 19.2 Å². The van der Waals surface area contributed by atoms with E-state index < -0.39 is 22.9 Å². The van der Waals surface area contributed by atoms with Crippen molar-refractivity contribution in [2.45, 2.75) is 13.0 Å². The van der Waals surface area contributed by atoms with Crippen LogP contribution in [0.25, 0.3) is 0 Å². The van der Waals surface area contributed by atoms with Gasteiger partial charge in [-0.3, -0.25) is 14.9 Å². The van der Waals surface area contributed by atoms with Crippen molar-refractivity contribution in [2.24, 2.45) is 0 Å². The van der Waals surface area contributed by atoms with E-state index in [4.69, 9.17) is 16.3 Å². The fourth-order valence-electron chi connectivity index (χ4n) is 1.98. The van der Waals surface area contributed by atoms with Gasteiger partial charge in [-0.15, -0.1) is 0 Å². The lowest BCUT2D eigenvalue weighted by Gasteiger charge is -2.13. The third-order valence-corrected chi connectivity index (χ3v) is 3.55. The van der Waals surface area contributed by atoms with Crippen LogP contribution in [0.3, 0.4) is 0 Å². The molecule has 136 valence electrons. The Morgan fingerprint density at radius 1 is 1.31 bits per heavy atom. The molecule has 10 heteroatoms. The number of nitro groups is 1. The number of nitro benzene ring substituents is 1. The molecular formula is C16H15ClN4O5. The van der Waals surface area contributed by atoms with Crippen LogP contribution in [0.5, 0.6) is 0 Å². The van der Waals surface area contributed by atoms with Crippen LogP contribution in [0.4, 0.5) is 17.2 Å². The largest absolute Gasteiger partial charge is 0.449 e. The molecule has 0 fully saturated rings. The summed E-state index contributed by atoms with van der Waals surface area (Å²) in [6.45, 7) is 1.37. The van der Waals surface area contributed by atoms with Gasteiger partial charge in [0.05, 0.1) is 15.5 Å². The molecule has 2 rings (SSSR count). The molecule has 1 amide bonds. The van der Waals surface area contributed by atoms with Gasteiger partial charge in [-0.1, -0.05) is 11.6 Å². The third-order valence-electron chi connectivity index (χ3n) is 3.33. The number of aromatic nitrogens is 1. The number of benzene rings is 1. The van der Waals surface area contributed by atoms with Crippen molar-refractivity contribution in [3.8, 4) is 0 Å². The molecule has 1 unspecified atom stereocenters. The number of rotatable bonds is 6. The number of hydrogen-bond donors (Lipinski definition) is 2. The van der Waals surface area contributed by atoms with E-state index in [2.05, 4.69) is 15.6 Å². The Labute approximate surface area is 153 Å². The van der Waals surface area contributed by atoms with Crippen molar-refractivity contribution in [3.05, 3.63) is 57.2 Å². The number of nitrogens with zero attached hydrogens (tertiary/aromatic N) is 2. The molecule has 0 saturated carbocycles. The van der Waals surface area contributed by atoms with Gasteiger partial charge in [0.2, 0.25) is 0 Å². The van der Waals surface area contributed by atoms with Crippen LogP contribution in [0, 0.1) is 10.1 Å². The van der Waals surface area contributed by atoms with Crippen LogP contribution >= 0.6 is 11.6 Å². The van der Waals surface area contributed by atoms with E-state index in [1.54, 1.807) is 6.07 Å². The molecule has 0 aliphatic carbocycles. The van der Waals surface area contributed by atoms with E-state index in [-0.39, 0.29) is 22.8 Å². The Bertz CT molecular complexity index is 841. The summed E-state index contributed by atoms with van der Waals surface area (Å²) in [5.41, 5.74) is -0.0597. The number of ether oxygens (including phenoxy) is 1. The maximum absolute atomic E-state index is 12.2. The molecule has 9 nitrogen and oxygen atoms in total. The first-order chi connectivity index (χ1) is 12.3. The number of carbonyl (C=O) groups is 2. The maximum Gasteiger partial charge on any atom is 0.339 e. The van der Waals surface area contributed by atoms with E-state index in [9.17, 15) is 19.7 Å². The molecular weight excluding hydrogens is 364 g/mol. The van der Waals surface area contributed by atoms with Crippen molar-refractivity contribution >= 4 is 40.7 Å². The van der Waals surface area contributed by atoms with Crippen LogP contribution in [-0.2, 0) is 9.53 Å². The van der Waals surface area contributed by atoms with E-state index in [1.807, 2.05) is 0 Å². The van der Waals surface area contributed by atoms with Crippen LogP contribution in [0.1, 0.15) is 17.3 Å². The Morgan fingerprint density at radius 3 is 2.62 bits per heavy atom. The van der Waals surface area contributed by atoms with E-state index in [1.165, 1.54) is 38.4 Å². The summed E-state index contributed by atoms with van der Waals surface area (Å²) in [6, 6.07) is 6.88. The standard InChI is InChI=1S/C16H15ClN4O5/c1-9(15(22)20-14-6-4-11(17)8-19-14)26-16(23)10-3-5-12(18-2)13(7-10)21(24)25/h3-9,18H,1-2H3,(H,19,20,22). The number of nitrogens with one attached hydrogen (secondary N) is 2. The lowest BCUT2D eigenvalue weighted by molar-refractivity contribution is -0.384. The quantitative estimate of drug-likeness (QED) is 0.450. The molecule has 0 radical (unpaired) electrons. The fourth-order valence-corrected chi connectivity index (χ4v) is 2.09. The predicted molar refractivity (Wildman–Crippen MR) is 95.4 cm³/mol. The number of carbonyl (C=O) groups excluding carboxylic acids is 2. The minimum atomic E-state index is -1.14. The van der Waals surface area contributed by atoms with E-state index in [0.29, 0.717) is 5.02 Å². The maximum atomic E-state index is 12.2. The molecule has 1 atom stereocenters. The van der Waals surface area contributed by atoms with E-state index in [0.717, 1.165) is 6.07 Å². The van der Waals surface area contributed by atoms with Crippen LogP contribution in [-0.4, -0.2) is 34.9 Å². The first-order valence-corrected chi connectivity index (χ1v) is 7.79. The zero-order valence-electron chi connectivity index (χ0n) is 13.9. The fraction of sp³-hybridized carbons (Fsp3) is 0.188. The van der Waals surface area contributed by atoms with Gasteiger partial charge in [0.15, 0.2) is 6.10 Å². The zero-order valence-corrected chi connectivity index (χ0v) is 14.6. The molecule has 2 aromatic rings. The second-order valence-electron chi connectivity index (χ2n) is 5.14. The monoisotopic (exact) mass is 378 g/mol. The van der Waals surface area contributed by atoms with Crippen LogP contribution in [0.15, 0.2) is 36.5 Å². The third kappa shape index (κ3) is 4.67. The van der Waals surface area contributed by atoms with Gasteiger partial charge in [-0.25, -0.2) is 9.78 Å². The number of anilines is 2. The number of pyridine rings is 1. The molecule has 1 heterocycles. The lowest BCUT2D eigenvalue weighted by Crippen LogP contribution is -2.30. The SMILES string of the molecule is CNc1ccc(C(=O)OC(C)C(=O)Nc2ccc(Cl)cn2)cc1[N+](=O)[O-]. The molecule has 1 aromatic heterocycles. The smallest absolute Gasteiger partial charge is 0.339 e. The van der Waals surface area contributed by atoms with Crippen LogP contribution < -0.4 is 10.6 Å². The van der Waals surface area contributed by atoms with Crippen molar-refractivity contribution in [3.63, 3.8) is 0 Å². The van der Waals surface area contributed by atoms with Gasteiger partial charge < -0.3 is 15.4 Å². The molecule has 1 aromatic carbocycles. The van der Waals surface area contributed by atoms with Gasteiger partial charge in [0.1, 0.15) is 11.5 Å². The van der Waals surface area contributed by atoms with Crippen molar-refractivity contribution in [1.82, 2.24) is 4.98 Å². The Balaban J connectivity index is 2.06. The molecule has 26 heavy (non-hydrogen) atoms. The Kier molecular flexibility index (Phi) is 6.07. The van der Waals surface area contributed by atoms with Crippen molar-refractivity contribution in [2.75, 3.05) is 17.7 Å². The number of halogens is 1. The normalized spacial score (nSPS) is 11.3. The summed E-state index contributed by atoms with van der Waals surface area (Å²) < 4.78 is 5.05. The van der Waals surface area contributed by atoms with Gasteiger partial charge in [-0.2, -0.15) is 0 Å². The minimum absolute atomic E-state index is 0.0417. The predicted octanol–water partition coefficient (Wildman–Crippen LogP) is 2.87. The second kappa shape index (κ2) is 8.26. The average molecular weight is 379 g/mol. The van der Waals surface area contributed by atoms with Crippen molar-refractivity contribution in [1.29, 1.82) is 0 Å². The molecule has 0 aliphatic rings. The van der Waals surface area contributed by atoms with Gasteiger partial charge in [0.25, 0.3) is 11.6 Å². The highest BCUT2D eigenvalue weighted by Gasteiger charge is 2.22. The van der Waals surface area contributed by atoms with E-state index >= 15 is 0 Å². The summed E-state index contributed by atoms with van der Waals surface area (Å²) >= 11 is 5.71. The van der Waals surface area contributed by atoms with Gasteiger partial charge in [-0.05, 0) is 31.2 Å². The molecule has 0 spiro atoms. The van der Waals surface area contributed by atoms with Crippen LogP contribution in [0.2, 0.25) is 5.02 Å². The highest BCUT2D eigenvalue weighted by Crippen LogP contribution is 2.25. The summed E-state index contributed by atoms with van der Waals surface area (Å²) in [7, 11) is 1.53. The Hall–Kier alpha value is -3.20. The molecule has 0 bridgehead atoms. The summed E-state index contributed by atoms with van der Waals surface area (Å²) in [6.07, 6.45) is 0.221. The lowest BCUT2D eigenvalue weighted by atomic mass is 10.1. The van der Waals surface area contributed by atoms with Gasteiger partial charge >= 0.3 is 5.97 Å². The van der Waals surface area contributed by atoms with Gasteiger partial charge in [0, 0.05) is 19.3 Å². The average Bonchev–Trinajstić information content (AvgIpc) is 2.62. The first kappa shape index (κ1) is 19.1. The number of esters is 1. The molecule has 0 aliphatic heterocycles. The summed E-state index contributed by atoms with van der Waals surface area (Å²) in [4.78, 5) is 38.5. The highest BCUT2D eigenvalue weighted by molar-refractivity contribution is 6.30. The summed E-state index contributed by atoms with van der Waals surface area (Å²) in [5, 5.41) is 16.6. The highest BCUT2D eigenvalue weighted by atomic mass is 35.5. The second-order valence-corrected chi connectivity index (χ2v) is 5.57.